The fraction of sp³-hybridized carbons (Fsp3) is 0.0667. The van der Waals surface area contributed by atoms with Crippen molar-refractivity contribution in [1.29, 1.82) is 0 Å². The summed E-state index contributed by atoms with van der Waals surface area (Å²) in [6, 6.07) is 9.12. The maximum absolute atomic E-state index is 13.0. The minimum Gasteiger partial charge on any atom is -0.408 e. The van der Waals surface area contributed by atoms with Crippen molar-refractivity contribution in [2.45, 2.75) is 0 Å². The van der Waals surface area contributed by atoms with Gasteiger partial charge in [-0.05, 0) is 36.9 Å². The number of halogens is 1. The molecular formula is C15H13FN4O2S. The molecule has 0 radical (unpaired) electrons. The van der Waals surface area contributed by atoms with Gasteiger partial charge >= 0.3 is 0 Å². The van der Waals surface area contributed by atoms with Gasteiger partial charge < -0.3 is 4.18 Å². The van der Waals surface area contributed by atoms with E-state index >= 15 is 0 Å². The molecular weight excluding hydrogens is 319 g/mol. The van der Waals surface area contributed by atoms with Crippen LogP contribution in [0.15, 0.2) is 53.6 Å². The maximum atomic E-state index is 13.0. The first-order valence-corrected chi connectivity index (χ1v) is 7.46. The maximum Gasteiger partial charge on any atom is 0.280 e. The van der Waals surface area contributed by atoms with E-state index in [1.165, 1.54) is 23.0 Å². The summed E-state index contributed by atoms with van der Waals surface area (Å²) in [4.78, 5) is 16.7. The zero-order valence-electron chi connectivity index (χ0n) is 12.1. The third kappa shape index (κ3) is 3.27. The number of pyridine rings is 1. The molecule has 0 saturated carbocycles. The van der Waals surface area contributed by atoms with Crippen molar-refractivity contribution in [1.82, 2.24) is 19.5 Å². The van der Waals surface area contributed by atoms with Crippen molar-refractivity contribution in [3.05, 3.63) is 65.0 Å². The van der Waals surface area contributed by atoms with Crippen LogP contribution in [0.5, 0.6) is 5.75 Å². The Morgan fingerprint density at radius 2 is 2.04 bits per heavy atom. The van der Waals surface area contributed by atoms with E-state index in [2.05, 4.69) is 14.8 Å². The Morgan fingerprint density at radius 3 is 2.70 bits per heavy atom. The minimum absolute atomic E-state index is 0.262. The molecule has 0 bridgehead atoms. The molecule has 0 saturated heterocycles. The number of rotatable bonds is 5. The molecule has 0 spiro atoms. The van der Waals surface area contributed by atoms with Crippen molar-refractivity contribution in [2.24, 2.45) is 0 Å². The summed E-state index contributed by atoms with van der Waals surface area (Å²) in [7, 11) is 1.74. The Balaban J connectivity index is 1.90. The lowest BCUT2D eigenvalue weighted by Gasteiger charge is -2.03. The SMILES string of the molecule is CNSOc1ccc(-n2[nH]cc(-c3ccc(F)cc3)c2=O)nc1. The van der Waals surface area contributed by atoms with Crippen LogP contribution in [0.2, 0.25) is 0 Å². The average molecular weight is 332 g/mol. The zero-order chi connectivity index (χ0) is 16.2. The van der Waals surface area contributed by atoms with Crippen molar-refractivity contribution >= 4 is 12.2 Å². The molecule has 118 valence electrons. The summed E-state index contributed by atoms with van der Waals surface area (Å²) >= 11 is 1.07. The molecule has 2 heterocycles. The summed E-state index contributed by atoms with van der Waals surface area (Å²) in [5, 5.41) is 2.86. The van der Waals surface area contributed by atoms with Gasteiger partial charge in [-0.25, -0.2) is 18.8 Å². The summed E-state index contributed by atoms with van der Waals surface area (Å²) in [5.74, 6) is 0.651. The molecule has 0 fully saturated rings. The standard InChI is InChI=1S/C15H13FN4O2S/c1-17-23-22-12-6-7-14(18-8-12)20-15(21)13(9-19-20)10-2-4-11(16)5-3-10/h2-9,17,19H,1H3. The van der Waals surface area contributed by atoms with E-state index in [1.54, 1.807) is 37.5 Å². The van der Waals surface area contributed by atoms with Crippen LogP contribution in [0.3, 0.4) is 0 Å². The molecule has 2 N–H and O–H groups in total. The van der Waals surface area contributed by atoms with Gasteiger partial charge in [0, 0.05) is 6.20 Å². The second-order valence-electron chi connectivity index (χ2n) is 4.56. The van der Waals surface area contributed by atoms with Crippen LogP contribution in [0, 0.1) is 5.82 Å². The Morgan fingerprint density at radius 1 is 1.26 bits per heavy atom. The number of hydrogen-bond acceptors (Lipinski definition) is 5. The average Bonchev–Trinajstić information content (AvgIpc) is 2.96. The van der Waals surface area contributed by atoms with Crippen LogP contribution >= 0.6 is 12.2 Å². The summed E-state index contributed by atoms with van der Waals surface area (Å²) in [6.45, 7) is 0. The lowest BCUT2D eigenvalue weighted by atomic mass is 10.1. The Labute approximate surface area is 135 Å². The van der Waals surface area contributed by atoms with Gasteiger partial charge in [-0.2, -0.15) is 0 Å². The topological polar surface area (TPSA) is 71.9 Å². The van der Waals surface area contributed by atoms with Crippen LogP contribution < -0.4 is 14.5 Å². The van der Waals surface area contributed by atoms with Crippen molar-refractivity contribution in [3.8, 4) is 22.7 Å². The highest BCUT2D eigenvalue weighted by Crippen LogP contribution is 2.17. The van der Waals surface area contributed by atoms with E-state index in [1.807, 2.05) is 0 Å². The fourth-order valence-electron chi connectivity index (χ4n) is 2.02. The molecule has 0 aliphatic carbocycles. The highest BCUT2D eigenvalue weighted by atomic mass is 32.2. The molecule has 3 rings (SSSR count). The van der Waals surface area contributed by atoms with E-state index in [0.717, 1.165) is 12.2 Å². The predicted molar refractivity (Wildman–Crippen MR) is 86.9 cm³/mol. The highest BCUT2D eigenvalue weighted by Gasteiger charge is 2.11. The second kappa shape index (κ2) is 6.67. The molecule has 1 aromatic carbocycles. The molecule has 0 aliphatic rings. The molecule has 2 aromatic heterocycles. The third-order valence-electron chi connectivity index (χ3n) is 3.10. The molecule has 0 amide bonds. The van der Waals surface area contributed by atoms with E-state index in [9.17, 15) is 9.18 Å². The molecule has 0 atom stereocenters. The number of aromatic amines is 1. The van der Waals surface area contributed by atoms with Crippen LogP contribution in [0.25, 0.3) is 16.9 Å². The normalized spacial score (nSPS) is 10.7. The molecule has 6 nitrogen and oxygen atoms in total. The first kappa shape index (κ1) is 15.3. The first-order chi connectivity index (χ1) is 11.2. The van der Waals surface area contributed by atoms with Crippen LogP contribution in [0.4, 0.5) is 4.39 Å². The fourth-order valence-corrected chi connectivity index (χ4v) is 2.30. The Bertz CT molecular complexity index is 843. The lowest BCUT2D eigenvalue weighted by molar-refractivity contribution is 0.628. The summed E-state index contributed by atoms with van der Waals surface area (Å²) in [6.07, 6.45) is 3.09. The number of benzene rings is 1. The largest absolute Gasteiger partial charge is 0.408 e. The number of nitrogens with one attached hydrogen (secondary N) is 2. The molecule has 23 heavy (non-hydrogen) atoms. The number of aromatic nitrogens is 3. The van der Waals surface area contributed by atoms with Gasteiger partial charge in [0.25, 0.3) is 5.56 Å². The quantitative estimate of drug-likeness (QED) is 0.555. The monoisotopic (exact) mass is 332 g/mol. The van der Waals surface area contributed by atoms with Crippen molar-refractivity contribution in [2.75, 3.05) is 7.05 Å². The number of nitrogens with zero attached hydrogens (tertiary/aromatic N) is 2. The van der Waals surface area contributed by atoms with E-state index in [4.69, 9.17) is 4.18 Å². The van der Waals surface area contributed by atoms with Crippen LogP contribution in [-0.4, -0.2) is 21.8 Å². The van der Waals surface area contributed by atoms with Gasteiger partial charge in [-0.1, -0.05) is 12.1 Å². The van der Waals surface area contributed by atoms with Crippen LogP contribution in [-0.2, 0) is 0 Å². The van der Waals surface area contributed by atoms with E-state index in [0.29, 0.717) is 22.7 Å². The van der Waals surface area contributed by atoms with Gasteiger partial charge in [0.1, 0.15) is 18.0 Å². The minimum atomic E-state index is -0.346. The molecule has 8 heteroatoms. The van der Waals surface area contributed by atoms with Crippen LogP contribution in [0.1, 0.15) is 0 Å². The van der Waals surface area contributed by atoms with Gasteiger partial charge in [0.05, 0.1) is 11.8 Å². The number of hydrogen-bond donors (Lipinski definition) is 2. The van der Waals surface area contributed by atoms with E-state index in [-0.39, 0.29) is 11.4 Å². The van der Waals surface area contributed by atoms with Gasteiger partial charge in [-0.15, -0.1) is 0 Å². The van der Waals surface area contributed by atoms with Gasteiger partial charge in [0.15, 0.2) is 11.6 Å². The molecule has 0 aliphatic heterocycles. The Kier molecular flexibility index (Phi) is 4.45. The second-order valence-corrected chi connectivity index (χ2v) is 5.30. The molecule has 0 unspecified atom stereocenters. The number of H-pyrrole nitrogens is 1. The predicted octanol–water partition coefficient (Wildman–Crippen LogP) is 2.53. The third-order valence-corrected chi connectivity index (χ3v) is 3.54. The Hall–Kier alpha value is -2.58. The van der Waals surface area contributed by atoms with E-state index < -0.39 is 0 Å². The first-order valence-electron chi connectivity index (χ1n) is 6.72. The summed E-state index contributed by atoms with van der Waals surface area (Å²) < 4.78 is 22.3. The van der Waals surface area contributed by atoms with Crippen molar-refractivity contribution < 1.29 is 8.57 Å². The zero-order valence-corrected chi connectivity index (χ0v) is 12.9. The van der Waals surface area contributed by atoms with Gasteiger partial charge in [0.2, 0.25) is 0 Å². The van der Waals surface area contributed by atoms with Gasteiger partial charge in [-0.3, -0.25) is 9.89 Å². The highest BCUT2D eigenvalue weighted by molar-refractivity contribution is 7.93. The lowest BCUT2D eigenvalue weighted by Crippen LogP contribution is -2.16. The smallest absolute Gasteiger partial charge is 0.280 e. The van der Waals surface area contributed by atoms with Crippen molar-refractivity contribution in [3.63, 3.8) is 0 Å². The summed E-state index contributed by atoms with van der Waals surface area (Å²) in [5.41, 5.74) is 0.817. The molecule has 3 aromatic rings.